The molecule has 3 rings (SSSR count). The van der Waals surface area contributed by atoms with Crippen molar-refractivity contribution in [2.24, 2.45) is 11.8 Å². The lowest BCUT2D eigenvalue weighted by Gasteiger charge is -2.42. The normalized spacial score (nSPS) is 53.4. The van der Waals surface area contributed by atoms with E-state index in [0.717, 1.165) is 25.7 Å². The molecule has 0 unspecified atom stereocenters. The predicted octanol–water partition coefficient (Wildman–Crippen LogP) is 0.528. The van der Waals surface area contributed by atoms with Gasteiger partial charge in [0.25, 0.3) is 0 Å². The van der Waals surface area contributed by atoms with Crippen LogP contribution < -0.4 is 0 Å². The average Bonchev–Trinajstić information content (AvgIpc) is 1.91. The molecule has 0 aromatic rings. The smallest absolute Gasteiger partial charge is 0.0573 e. The summed E-state index contributed by atoms with van der Waals surface area (Å²) in [7, 11) is 0. The second-order valence-corrected chi connectivity index (χ2v) is 3.70. The minimum absolute atomic E-state index is 0.109. The quantitative estimate of drug-likeness (QED) is 0.518. The highest BCUT2D eigenvalue weighted by molar-refractivity contribution is 4.91. The predicted molar refractivity (Wildman–Crippen MR) is 37.5 cm³/mol. The maximum absolute atomic E-state index is 9.41. The van der Waals surface area contributed by atoms with E-state index in [4.69, 9.17) is 0 Å². The molecule has 0 radical (unpaired) electrons. The highest BCUT2D eigenvalue weighted by Crippen LogP contribution is 2.41. The monoisotopic (exact) mass is 142 g/mol. The van der Waals surface area contributed by atoms with E-state index in [0.29, 0.717) is 11.8 Å². The van der Waals surface area contributed by atoms with Gasteiger partial charge in [-0.25, -0.2) is 0 Å². The van der Waals surface area contributed by atoms with Crippen molar-refractivity contribution >= 4 is 0 Å². The van der Waals surface area contributed by atoms with Crippen molar-refractivity contribution in [2.45, 2.75) is 37.9 Å². The summed E-state index contributed by atoms with van der Waals surface area (Å²) < 4.78 is 0. The number of fused-ring (bicyclic) bond motifs is 3. The summed E-state index contributed by atoms with van der Waals surface area (Å²) in [5.74, 6) is 0.806. The number of aliphatic hydroxyl groups is 2. The van der Waals surface area contributed by atoms with Crippen molar-refractivity contribution in [1.29, 1.82) is 0 Å². The van der Waals surface area contributed by atoms with Gasteiger partial charge in [-0.15, -0.1) is 0 Å². The summed E-state index contributed by atoms with van der Waals surface area (Å²) >= 11 is 0. The molecule has 0 saturated heterocycles. The summed E-state index contributed by atoms with van der Waals surface area (Å²) in [6, 6.07) is 0. The SMILES string of the molecule is O[C@@H]1C[C@@H]2CC[C@H]1C[C@@H]2O. The lowest BCUT2D eigenvalue weighted by atomic mass is 9.67. The summed E-state index contributed by atoms with van der Waals surface area (Å²) in [5, 5.41) is 18.8. The van der Waals surface area contributed by atoms with Crippen LogP contribution in [0.5, 0.6) is 0 Å². The second-order valence-electron chi connectivity index (χ2n) is 3.70. The van der Waals surface area contributed by atoms with Crippen LogP contribution in [0.4, 0.5) is 0 Å². The van der Waals surface area contributed by atoms with Gasteiger partial charge in [-0.2, -0.15) is 0 Å². The highest BCUT2D eigenvalue weighted by Gasteiger charge is 2.39. The van der Waals surface area contributed by atoms with E-state index >= 15 is 0 Å². The largest absolute Gasteiger partial charge is 0.393 e. The Morgan fingerprint density at radius 3 is 1.40 bits per heavy atom. The lowest BCUT2D eigenvalue weighted by molar-refractivity contribution is -0.0715. The number of aliphatic hydroxyl groups excluding tert-OH is 2. The van der Waals surface area contributed by atoms with Gasteiger partial charge in [0.2, 0.25) is 0 Å². The molecule has 58 valence electrons. The minimum atomic E-state index is -0.109. The Morgan fingerprint density at radius 2 is 1.20 bits per heavy atom. The highest BCUT2D eigenvalue weighted by atomic mass is 16.3. The first-order valence-corrected chi connectivity index (χ1v) is 4.13. The van der Waals surface area contributed by atoms with Crippen molar-refractivity contribution in [2.75, 3.05) is 0 Å². The summed E-state index contributed by atoms with van der Waals surface area (Å²) in [5.41, 5.74) is 0. The molecule has 0 heterocycles. The molecule has 4 atom stereocenters. The van der Waals surface area contributed by atoms with E-state index in [2.05, 4.69) is 0 Å². The zero-order valence-corrected chi connectivity index (χ0v) is 6.03. The van der Waals surface area contributed by atoms with Gasteiger partial charge < -0.3 is 10.2 Å². The standard InChI is InChI=1S/C8H14O2/c9-7-4-6-2-1-5(7)3-8(6)10/h5-10H,1-4H2/t5-,6-,7-,8+/m0/s1. The van der Waals surface area contributed by atoms with Crippen LogP contribution >= 0.6 is 0 Å². The fourth-order valence-electron chi connectivity index (χ4n) is 2.37. The van der Waals surface area contributed by atoms with Gasteiger partial charge in [-0.1, -0.05) is 0 Å². The molecule has 0 aromatic heterocycles. The number of hydrogen-bond donors (Lipinski definition) is 2. The van der Waals surface area contributed by atoms with Gasteiger partial charge in [-0.3, -0.25) is 0 Å². The molecule has 2 N–H and O–H groups in total. The summed E-state index contributed by atoms with van der Waals surface area (Å²) in [6.45, 7) is 0. The first-order valence-electron chi connectivity index (χ1n) is 4.13. The lowest BCUT2D eigenvalue weighted by Crippen LogP contribution is -2.43. The van der Waals surface area contributed by atoms with E-state index in [9.17, 15) is 10.2 Å². The van der Waals surface area contributed by atoms with Gasteiger partial charge in [-0.05, 0) is 37.5 Å². The van der Waals surface area contributed by atoms with Crippen LogP contribution in [0.25, 0.3) is 0 Å². The molecule has 0 spiro atoms. The molecular formula is C8H14O2. The van der Waals surface area contributed by atoms with E-state index in [1.165, 1.54) is 0 Å². The number of hydrogen-bond acceptors (Lipinski definition) is 2. The van der Waals surface area contributed by atoms with Crippen molar-refractivity contribution < 1.29 is 10.2 Å². The van der Waals surface area contributed by atoms with Gasteiger partial charge in [0.15, 0.2) is 0 Å². The van der Waals surface area contributed by atoms with Crippen LogP contribution in [-0.4, -0.2) is 22.4 Å². The molecule has 0 aromatic carbocycles. The van der Waals surface area contributed by atoms with Crippen molar-refractivity contribution in [3.63, 3.8) is 0 Å². The third-order valence-electron chi connectivity index (χ3n) is 3.09. The van der Waals surface area contributed by atoms with Crippen LogP contribution in [0.3, 0.4) is 0 Å². The zero-order chi connectivity index (χ0) is 7.14. The molecule has 3 aliphatic carbocycles. The summed E-state index contributed by atoms with van der Waals surface area (Å²) in [4.78, 5) is 0. The average molecular weight is 142 g/mol. The van der Waals surface area contributed by atoms with Gasteiger partial charge in [0.05, 0.1) is 12.2 Å². The van der Waals surface area contributed by atoms with Crippen molar-refractivity contribution in [3.8, 4) is 0 Å². The molecule has 3 fully saturated rings. The Morgan fingerprint density at radius 1 is 0.800 bits per heavy atom. The zero-order valence-electron chi connectivity index (χ0n) is 6.03. The molecule has 3 aliphatic rings. The molecule has 10 heavy (non-hydrogen) atoms. The van der Waals surface area contributed by atoms with E-state index in [-0.39, 0.29) is 12.2 Å². The fourth-order valence-corrected chi connectivity index (χ4v) is 2.37. The fraction of sp³-hybridized carbons (Fsp3) is 1.00. The van der Waals surface area contributed by atoms with Crippen LogP contribution in [-0.2, 0) is 0 Å². The molecule has 0 aliphatic heterocycles. The van der Waals surface area contributed by atoms with E-state index < -0.39 is 0 Å². The Bertz CT molecular complexity index is 119. The van der Waals surface area contributed by atoms with Crippen LogP contribution in [0.2, 0.25) is 0 Å². The molecule has 0 amide bonds. The van der Waals surface area contributed by atoms with Crippen LogP contribution in [0.1, 0.15) is 25.7 Å². The van der Waals surface area contributed by atoms with E-state index in [1.807, 2.05) is 0 Å². The van der Waals surface area contributed by atoms with Crippen LogP contribution in [0, 0.1) is 11.8 Å². The molecule has 2 bridgehead atoms. The van der Waals surface area contributed by atoms with Gasteiger partial charge in [0.1, 0.15) is 0 Å². The first kappa shape index (κ1) is 6.62. The van der Waals surface area contributed by atoms with Crippen molar-refractivity contribution in [1.82, 2.24) is 0 Å². The van der Waals surface area contributed by atoms with E-state index in [1.54, 1.807) is 0 Å². The third-order valence-corrected chi connectivity index (χ3v) is 3.09. The Kier molecular flexibility index (Phi) is 1.46. The van der Waals surface area contributed by atoms with Crippen molar-refractivity contribution in [3.05, 3.63) is 0 Å². The molecule has 3 saturated carbocycles. The molecule has 2 heteroatoms. The molecule has 2 nitrogen and oxygen atoms in total. The first-order chi connectivity index (χ1) is 4.77. The third kappa shape index (κ3) is 0.867. The Labute approximate surface area is 60.9 Å². The van der Waals surface area contributed by atoms with Gasteiger partial charge >= 0.3 is 0 Å². The Balaban J connectivity index is 2.09. The second kappa shape index (κ2) is 2.21. The van der Waals surface area contributed by atoms with Gasteiger partial charge in [0, 0.05) is 0 Å². The molecular weight excluding hydrogens is 128 g/mol. The Hall–Kier alpha value is -0.0800. The minimum Gasteiger partial charge on any atom is -0.393 e. The maximum Gasteiger partial charge on any atom is 0.0573 e. The van der Waals surface area contributed by atoms with Crippen LogP contribution in [0.15, 0.2) is 0 Å². The maximum atomic E-state index is 9.41. The summed E-state index contributed by atoms with van der Waals surface area (Å²) in [6.07, 6.45) is 3.72. The number of rotatable bonds is 0. The topological polar surface area (TPSA) is 40.5 Å².